The summed E-state index contributed by atoms with van der Waals surface area (Å²) in [7, 11) is 1.58. The fourth-order valence-corrected chi connectivity index (χ4v) is 3.41. The Balaban J connectivity index is 1.47. The number of hydrogen-bond acceptors (Lipinski definition) is 4. The number of imidazole rings is 1. The molecule has 7 heteroatoms. The molecule has 2 aromatic carbocycles. The summed E-state index contributed by atoms with van der Waals surface area (Å²) in [6.45, 7) is 2.39. The summed E-state index contributed by atoms with van der Waals surface area (Å²) >= 11 is 0. The molecule has 3 aromatic rings. The smallest absolute Gasteiger partial charge is 0.254 e. The van der Waals surface area contributed by atoms with E-state index < -0.39 is 0 Å². The number of anilines is 1. The van der Waals surface area contributed by atoms with Crippen LogP contribution in [0.3, 0.4) is 0 Å². The number of halogens is 1. The lowest BCUT2D eigenvalue weighted by Crippen LogP contribution is -2.49. The molecule has 1 saturated heterocycles. The molecule has 4 rings (SSSR count). The average molecular weight is 380 g/mol. The third-order valence-electron chi connectivity index (χ3n) is 4.90. The number of amides is 1. The molecule has 1 aromatic heterocycles. The predicted molar refractivity (Wildman–Crippen MR) is 105 cm³/mol. The molecule has 1 amide bonds. The maximum atomic E-state index is 14.2. The number of rotatable bonds is 4. The third kappa shape index (κ3) is 3.43. The molecule has 1 aliphatic heterocycles. The van der Waals surface area contributed by atoms with Crippen LogP contribution in [0, 0.1) is 5.82 Å². The maximum Gasteiger partial charge on any atom is 0.254 e. The van der Waals surface area contributed by atoms with Crippen LogP contribution >= 0.6 is 0 Å². The number of nitrogens with zero attached hydrogens (tertiary/aromatic N) is 4. The normalized spacial score (nSPS) is 14.2. The van der Waals surface area contributed by atoms with Gasteiger partial charge >= 0.3 is 0 Å². The first-order valence-corrected chi connectivity index (χ1v) is 9.14. The van der Waals surface area contributed by atoms with E-state index in [2.05, 4.69) is 9.88 Å². The van der Waals surface area contributed by atoms with Gasteiger partial charge in [-0.1, -0.05) is 18.2 Å². The van der Waals surface area contributed by atoms with Crippen molar-refractivity contribution in [2.45, 2.75) is 0 Å². The van der Waals surface area contributed by atoms with Crippen molar-refractivity contribution in [2.75, 3.05) is 38.2 Å². The summed E-state index contributed by atoms with van der Waals surface area (Å²) < 4.78 is 21.1. The predicted octanol–water partition coefficient (Wildman–Crippen LogP) is 2.98. The molecule has 144 valence electrons. The van der Waals surface area contributed by atoms with Gasteiger partial charge in [0, 0.05) is 44.1 Å². The van der Waals surface area contributed by atoms with Crippen molar-refractivity contribution >= 4 is 11.9 Å². The van der Waals surface area contributed by atoms with E-state index in [0.717, 1.165) is 0 Å². The lowest BCUT2D eigenvalue weighted by atomic mass is 10.1. The lowest BCUT2D eigenvalue weighted by Gasteiger charge is -2.35. The summed E-state index contributed by atoms with van der Waals surface area (Å²) in [4.78, 5) is 21.1. The average Bonchev–Trinajstić information content (AvgIpc) is 3.23. The van der Waals surface area contributed by atoms with E-state index in [1.807, 2.05) is 17.0 Å². The Morgan fingerprint density at radius 1 is 1.07 bits per heavy atom. The molecule has 28 heavy (non-hydrogen) atoms. The van der Waals surface area contributed by atoms with Crippen molar-refractivity contribution in [1.82, 2.24) is 14.5 Å². The number of carbonyl (C=O) groups is 1. The van der Waals surface area contributed by atoms with Gasteiger partial charge in [-0.2, -0.15) is 0 Å². The second-order valence-corrected chi connectivity index (χ2v) is 6.56. The summed E-state index contributed by atoms with van der Waals surface area (Å²) in [5.74, 6) is 1.03. The Hall–Kier alpha value is -3.35. The van der Waals surface area contributed by atoms with Crippen molar-refractivity contribution in [2.24, 2.45) is 0 Å². The van der Waals surface area contributed by atoms with Crippen LogP contribution in [0.4, 0.5) is 10.3 Å². The third-order valence-corrected chi connectivity index (χ3v) is 4.90. The first-order chi connectivity index (χ1) is 13.7. The number of benzene rings is 2. The molecule has 0 spiro atoms. The monoisotopic (exact) mass is 380 g/mol. The van der Waals surface area contributed by atoms with Crippen molar-refractivity contribution < 1.29 is 13.9 Å². The first-order valence-electron chi connectivity index (χ1n) is 9.14. The quantitative estimate of drug-likeness (QED) is 0.698. The van der Waals surface area contributed by atoms with E-state index >= 15 is 0 Å². The highest BCUT2D eigenvalue weighted by atomic mass is 19.1. The van der Waals surface area contributed by atoms with E-state index in [1.165, 1.54) is 6.07 Å². The summed E-state index contributed by atoms with van der Waals surface area (Å²) in [6.07, 6.45) is 3.41. The largest absolute Gasteiger partial charge is 0.497 e. The van der Waals surface area contributed by atoms with Gasteiger partial charge in [0.25, 0.3) is 5.91 Å². The number of aromatic nitrogens is 2. The van der Waals surface area contributed by atoms with Gasteiger partial charge in [-0.05, 0) is 30.3 Å². The Labute approximate surface area is 162 Å². The van der Waals surface area contributed by atoms with Crippen LogP contribution in [0.15, 0.2) is 60.9 Å². The van der Waals surface area contributed by atoms with Crippen LogP contribution in [0.1, 0.15) is 10.4 Å². The SMILES string of the molecule is COc1cccc(C(=O)N2CCN(c3nccn3-c3ccccc3F)CC2)c1. The highest BCUT2D eigenvalue weighted by Crippen LogP contribution is 2.22. The van der Waals surface area contributed by atoms with Crippen LogP contribution < -0.4 is 9.64 Å². The lowest BCUT2D eigenvalue weighted by molar-refractivity contribution is 0.0746. The molecule has 6 nitrogen and oxygen atoms in total. The fraction of sp³-hybridized carbons (Fsp3) is 0.238. The molecule has 2 heterocycles. The Morgan fingerprint density at radius 3 is 2.61 bits per heavy atom. The molecule has 1 aliphatic rings. The second kappa shape index (κ2) is 7.72. The topological polar surface area (TPSA) is 50.6 Å². The van der Waals surface area contributed by atoms with Crippen LogP contribution in [-0.2, 0) is 0 Å². The molecule has 0 aliphatic carbocycles. The van der Waals surface area contributed by atoms with Gasteiger partial charge < -0.3 is 14.5 Å². The number of carbonyl (C=O) groups excluding carboxylic acids is 1. The highest BCUT2D eigenvalue weighted by molar-refractivity contribution is 5.94. The minimum absolute atomic E-state index is 0.0176. The van der Waals surface area contributed by atoms with Crippen LogP contribution in [-0.4, -0.2) is 53.6 Å². The second-order valence-electron chi connectivity index (χ2n) is 6.56. The van der Waals surface area contributed by atoms with E-state index in [1.54, 1.807) is 54.4 Å². The molecule has 0 unspecified atom stereocenters. The number of piperazine rings is 1. The molecule has 0 saturated carbocycles. The van der Waals surface area contributed by atoms with E-state index in [-0.39, 0.29) is 11.7 Å². The van der Waals surface area contributed by atoms with Gasteiger partial charge in [0.2, 0.25) is 5.95 Å². The minimum Gasteiger partial charge on any atom is -0.497 e. The number of methoxy groups -OCH3 is 1. The maximum absolute atomic E-state index is 14.2. The fourth-order valence-electron chi connectivity index (χ4n) is 3.41. The first kappa shape index (κ1) is 18.0. The van der Waals surface area contributed by atoms with Crippen LogP contribution in [0.2, 0.25) is 0 Å². The summed E-state index contributed by atoms with van der Waals surface area (Å²) in [5, 5.41) is 0. The van der Waals surface area contributed by atoms with Crippen molar-refractivity contribution in [3.8, 4) is 11.4 Å². The van der Waals surface area contributed by atoms with Crippen molar-refractivity contribution in [3.63, 3.8) is 0 Å². The van der Waals surface area contributed by atoms with Gasteiger partial charge in [0.05, 0.1) is 12.8 Å². The molecule has 0 radical (unpaired) electrons. The zero-order valence-corrected chi connectivity index (χ0v) is 15.6. The Kier molecular flexibility index (Phi) is 4.97. The van der Waals surface area contributed by atoms with Gasteiger partial charge in [0.15, 0.2) is 0 Å². The molecule has 0 bridgehead atoms. The zero-order chi connectivity index (χ0) is 19.5. The summed E-state index contributed by atoms with van der Waals surface area (Å²) in [6, 6.07) is 13.8. The molecule has 0 atom stereocenters. The zero-order valence-electron chi connectivity index (χ0n) is 15.6. The standard InChI is InChI=1S/C21H21FN4O2/c1-28-17-6-4-5-16(15-17)20(27)24-11-13-25(14-12-24)21-23-9-10-26(21)19-8-3-2-7-18(19)22/h2-10,15H,11-14H2,1H3. The number of para-hydroxylation sites is 1. The van der Waals surface area contributed by atoms with Gasteiger partial charge in [-0.3, -0.25) is 9.36 Å². The van der Waals surface area contributed by atoms with Crippen molar-refractivity contribution in [1.29, 1.82) is 0 Å². The molecular weight excluding hydrogens is 359 g/mol. The highest BCUT2D eigenvalue weighted by Gasteiger charge is 2.25. The van der Waals surface area contributed by atoms with E-state index in [9.17, 15) is 9.18 Å². The van der Waals surface area contributed by atoms with Crippen LogP contribution in [0.25, 0.3) is 5.69 Å². The van der Waals surface area contributed by atoms with Gasteiger partial charge in [0.1, 0.15) is 11.6 Å². The number of ether oxygens (including phenoxy) is 1. The Morgan fingerprint density at radius 2 is 1.86 bits per heavy atom. The Bertz CT molecular complexity index is 980. The molecule has 1 fully saturated rings. The minimum atomic E-state index is -0.298. The van der Waals surface area contributed by atoms with Crippen LogP contribution in [0.5, 0.6) is 5.75 Å². The van der Waals surface area contributed by atoms with Crippen molar-refractivity contribution in [3.05, 3.63) is 72.3 Å². The van der Waals surface area contributed by atoms with Gasteiger partial charge in [-0.25, -0.2) is 9.37 Å². The van der Waals surface area contributed by atoms with E-state index in [0.29, 0.717) is 49.1 Å². The molecule has 0 N–H and O–H groups in total. The van der Waals surface area contributed by atoms with Gasteiger partial charge in [-0.15, -0.1) is 0 Å². The summed E-state index contributed by atoms with van der Waals surface area (Å²) in [5.41, 5.74) is 1.07. The number of hydrogen-bond donors (Lipinski definition) is 0. The van der Waals surface area contributed by atoms with E-state index in [4.69, 9.17) is 4.74 Å². The molecular formula is C21H21FN4O2.